The molecule has 0 unspecified atom stereocenters. The molecule has 2 N–H and O–H groups in total. The summed E-state index contributed by atoms with van der Waals surface area (Å²) >= 11 is 0. The maximum absolute atomic E-state index is 8.51. The van der Waals surface area contributed by atoms with Crippen molar-refractivity contribution in [1.82, 2.24) is 15.5 Å². The quantitative estimate of drug-likeness (QED) is 0.178. The zero-order chi connectivity index (χ0) is 23.6. The Balaban J connectivity index is 1.61. The Morgan fingerprint density at radius 1 is 1.03 bits per heavy atom. The number of nitriles is 1. The fourth-order valence-corrected chi connectivity index (χ4v) is 4.03. The topological polar surface area (TPSA) is 73.7 Å². The third kappa shape index (κ3) is 5.61. The molecule has 4 rings (SSSR count). The van der Waals surface area contributed by atoms with Gasteiger partial charge in [-0.3, -0.25) is 5.10 Å². The number of hydrogen-bond acceptors (Lipinski definition) is 4. The number of ether oxygens (including phenoxy) is 1. The Kier molecular flexibility index (Phi) is 7.89. The number of allylic oxidation sites excluding steroid dienone is 2. The van der Waals surface area contributed by atoms with E-state index < -0.39 is 0 Å². The summed E-state index contributed by atoms with van der Waals surface area (Å²) in [5.74, 6) is 0.834. The molecule has 5 nitrogen and oxygen atoms in total. The number of rotatable bonds is 10. The van der Waals surface area contributed by atoms with Crippen LogP contribution in [0.4, 0.5) is 0 Å². The van der Waals surface area contributed by atoms with Crippen molar-refractivity contribution in [3.8, 4) is 11.8 Å². The summed E-state index contributed by atoms with van der Waals surface area (Å²) < 4.78 is 5.89. The molecule has 1 aromatic heterocycles. The molecule has 5 heteroatoms. The molecule has 0 fully saturated rings. The van der Waals surface area contributed by atoms with Gasteiger partial charge in [-0.25, -0.2) is 0 Å². The predicted octanol–water partition coefficient (Wildman–Crippen LogP) is 5.98. The van der Waals surface area contributed by atoms with Crippen LogP contribution in [-0.2, 0) is 0 Å². The van der Waals surface area contributed by atoms with Crippen molar-refractivity contribution in [1.29, 1.82) is 5.26 Å². The van der Waals surface area contributed by atoms with E-state index in [-0.39, 0.29) is 0 Å². The molecule has 4 aromatic rings. The van der Waals surface area contributed by atoms with Crippen molar-refractivity contribution < 1.29 is 4.74 Å². The third-order valence-corrected chi connectivity index (χ3v) is 5.65. The van der Waals surface area contributed by atoms with Crippen LogP contribution in [0.15, 0.2) is 91.1 Å². The molecule has 3 aromatic carbocycles. The number of nitrogens with one attached hydrogen (secondary N) is 2. The average molecular weight is 449 g/mol. The maximum Gasteiger partial charge on any atom is 0.119 e. The van der Waals surface area contributed by atoms with Crippen molar-refractivity contribution in [2.24, 2.45) is 0 Å². The lowest BCUT2D eigenvalue weighted by Crippen LogP contribution is -2.20. The molecule has 1 heterocycles. The Morgan fingerprint density at radius 2 is 1.82 bits per heavy atom. The van der Waals surface area contributed by atoms with Crippen LogP contribution in [0.5, 0.6) is 5.75 Å². The molecule has 0 saturated heterocycles. The number of aromatic amines is 1. The van der Waals surface area contributed by atoms with E-state index in [1.807, 2.05) is 24.4 Å². The van der Waals surface area contributed by atoms with Crippen molar-refractivity contribution in [3.05, 3.63) is 108 Å². The van der Waals surface area contributed by atoms with Gasteiger partial charge in [0.25, 0.3) is 0 Å². The van der Waals surface area contributed by atoms with Gasteiger partial charge in [0, 0.05) is 24.6 Å². The van der Waals surface area contributed by atoms with Crippen molar-refractivity contribution in [3.63, 3.8) is 0 Å². The van der Waals surface area contributed by atoms with E-state index in [1.165, 1.54) is 22.8 Å². The smallest absolute Gasteiger partial charge is 0.119 e. The fraction of sp³-hybridized carbons (Fsp3) is 0.172. The highest BCUT2D eigenvalue weighted by Gasteiger charge is 2.14. The van der Waals surface area contributed by atoms with Gasteiger partial charge in [0.05, 0.1) is 17.8 Å². The van der Waals surface area contributed by atoms with E-state index in [1.54, 1.807) is 6.08 Å². The summed E-state index contributed by atoms with van der Waals surface area (Å²) in [4.78, 5) is 0. The largest absolute Gasteiger partial charge is 0.492 e. The van der Waals surface area contributed by atoms with Gasteiger partial charge in [-0.15, -0.1) is 0 Å². The zero-order valence-corrected chi connectivity index (χ0v) is 19.3. The van der Waals surface area contributed by atoms with E-state index in [0.29, 0.717) is 19.7 Å². The summed E-state index contributed by atoms with van der Waals surface area (Å²) in [6, 6.07) is 27.3. The highest BCUT2D eigenvalue weighted by atomic mass is 16.5. The molecule has 170 valence electrons. The minimum Gasteiger partial charge on any atom is -0.492 e. The standard InChI is InChI=1S/C29H28N4O/c1-2-27(22-8-4-3-5-9-22)29(24-12-15-28-25(20-24)21-32-33-28)23-10-13-26(14-11-23)34-19-18-31-17-7-6-16-30/h3-15,20-21,31H,2,17-19H2,1H3,(H,32,33)/b7-6+,29-27+. The van der Waals surface area contributed by atoms with Crippen molar-refractivity contribution >= 4 is 22.0 Å². The van der Waals surface area contributed by atoms with E-state index in [9.17, 15) is 0 Å². The first-order chi connectivity index (χ1) is 16.8. The Hall–Kier alpha value is -4.14. The third-order valence-electron chi connectivity index (χ3n) is 5.65. The number of nitrogens with zero attached hydrogens (tertiary/aromatic N) is 2. The second kappa shape index (κ2) is 11.6. The van der Waals surface area contributed by atoms with Crippen LogP contribution in [0.2, 0.25) is 0 Å². The van der Waals surface area contributed by atoms with Gasteiger partial charge >= 0.3 is 0 Å². The van der Waals surface area contributed by atoms with E-state index in [2.05, 4.69) is 83.1 Å². The van der Waals surface area contributed by atoms with Crippen LogP contribution in [0.1, 0.15) is 30.0 Å². The van der Waals surface area contributed by atoms with Gasteiger partial charge in [0.1, 0.15) is 12.4 Å². The SMILES string of the molecule is CC/C(=C(/c1ccc(OCCNC/C=C/C#N)cc1)c1ccc2[nH]ncc2c1)c1ccccc1. The number of aromatic nitrogens is 2. The fourth-order valence-electron chi connectivity index (χ4n) is 4.03. The monoisotopic (exact) mass is 448 g/mol. The first-order valence-corrected chi connectivity index (χ1v) is 11.5. The summed E-state index contributed by atoms with van der Waals surface area (Å²) in [5.41, 5.74) is 7.08. The highest BCUT2D eigenvalue weighted by molar-refractivity contribution is 6.00. The minimum atomic E-state index is 0.559. The molecule has 0 radical (unpaired) electrons. The summed E-state index contributed by atoms with van der Waals surface area (Å²) in [5, 5.41) is 20.0. The van der Waals surface area contributed by atoms with E-state index in [4.69, 9.17) is 10.00 Å². The Morgan fingerprint density at radius 3 is 2.59 bits per heavy atom. The lowest BCUT2D eigenvalue weighted by molar-refractivity contribution is 0.316. The van der Waals surface area contributed by atoms with Crippen molar-refractivity contribution in [2.45, 2.75) is 13.3 Å². The van der Waals surface area contributed by atoms with E-state index >= 15 is 0 Å². The van der Waals surface area contributed by atoms with Crippen LogP contribution in [0.3, 0.4) is 0 Å². The van der Waals surface area contributed by atoms with Crippen LogP contribution in [0.25, 0.3) is 22.0 Å². The summed E-state index contributed by atoms with van der Waals surface area (Å²) in [6.45, 7) is 4.13. The predicted molar refractivity (Wildman–Crippen MR) is 138 cm³/mol. The molecular weight excluding hydrogens is 420 g/mol. The lowest BCUT2D eigenvalue weighted by Gasteiger charge is -2.17. The van der Waals surface area contributed by atoms with Gasteiger partial charge < -0.3 is 10.1 Å². The van der Waals surface area contributed by atoms with Gasteiger partial charge in [0.15, 0.2) is 0 Å². The van der Waals surface area contributed by atoms with E-state index in [0.717, 1.165) is 34.2 Å². The second-order valence-corrected chi connectivity index (χ2v) is 7.85. The summed E-state index contributed by atoms with van der Waals surface area (Å²) in [6.07, 6.45) is 6.04. The van der Waals surface area contributed by atoms with Crippen LogP contribution in [0, 0.1) is 11.3 Å². The van der Waals surface area contributed by atoms with Gasteiger partial charge in [-0.05, 0) is 58.5 Å². The van der Waals surface area contributed by atoms with Gasteiger partial charge in [-0.2, -0.15) is 10.4 Å². The maximum atomic E-state index is 8.51. The number of hydrogen-bond donors (Lipinski definition) is 2. The molecule has 0 aliphatic carbocycles. The second-order valence-electron chi connectivity index (χ2n) is 7.85. The molecule has 0 saturated carbocycles. The first kappa shape index (κ1) is 23.0. The molecule has 34 heavy (non-hydrogen) atoms. The Bertz CT molecular complexity index is 1310. The first-order valence-electron chi connectivity index (χ1n) is 11.5. The minimum absolute atomic E-state index is 0.559. The Labute approximate surface area is 200 Å². The molecule has 0 aliphatic rings. The molecular formula is C29H28N4O. The van der Waals surface area contributed by atoms with Gasteiger partial charge in [-0.1, -0.05) is 61.5 Å². The molecule has 0 spiro atoms. The number of benzene rings is 3. The lowest BCUT2D eigenvalue weighted by atomic mass is 9.88. The number of fused-ring (bicyclic) bond motifs is 1. The molecule has 0 bridgehead atoms. The normalized spacial score (nSPS) is 12.0. The average Bonchev–Trinajstić information content (AvgIpc) is 3.36. The molecule has 0 amide bonds. The van der Waals surface area contributed by atoms with Crippen LogP contribution >= 0.6 is 0 Å². The van der Waals surface area contributed by atoms with Gasteiger partial charge in [0.2, 0.25) is 0 Å². The van der Waals surface area contributed by atoms with Crippen molar-refractivity contribution in [2.75, 3.05) is 19.7 Å². The molecule has 0 atom stereocenters. The van der Waals surface area contributed by atoms with Crippen LogP contribution in [-0.4, -0.2) is 29.9 Å². The number of H-pyrrole nitrogens is 1. The summed E-state index contributed by atoms with van der Waals surface area (Å²) in [7, 11) is 0. The highest BCUT2D eigenvalue weighted by Crippen LogP contribution is 2.36. The zero-order valence-electron chi connectivity index (χ0n) is 19.3. The molecule has 0 aliphatic heterocycles. The van der Waals surface area contributed by atoms with Crippen LogP contribution < -0.4 is 10.1 Å².